The second-order valence-electron chi connectivity index (χ2n) is 7.86. The van der Waals surface area contributed by atoms with Crippen molar-refractivity contribution in [1.82, 2.24) is 24.9 Å². The minimum atomic E-state index is -0.356. The highest BCUT2D eigenvalue weighted by Gasteiger charge is 2.20. The van der Waals surface area contributed by atoms with Crippen LogP contribution in [-0.2, 0) is 4.79 Å². The quantitative estimate of drug-likeness (QED) is 0.608. The topological polar surface area (TPSA) is 93.4 Å². The lowest BCUT2D eigenvalue weighted by molar-refractivity contribution is -0.128. The van der Waals surface area contributed by atoms with Gasteiger partial charge >= 0.3 is 0 Å². The number of aromatic nitrogens is 4. The van der Waals surface area contributed by atoms with Crippen LogP contribution >= 0.6 is 0 Å². The zero-order valence-electron chi connectivity index (χ0n) is 17.2. The number of carbonyl (C=O) groups is 1. The molecular weight excluding hydrogens is 356 g/mol. The number of ether oxygens (including phenoxy) is 1. The molecule has 2 aromatic heterocycles. The molecule has 8 heteroatoms. The number of nitrogens with one attached hydrogen (secondary N) is 2. The van der Waals surface area contributed by atoms with Crippen molar-refractivity contribution in [3.8, 4) is 5.75 Å². The molecule has 0 bridgehead atoms. The summed E-state index contributed by atoms with van der Waals surface area (Å²) in [4.78, 5) is 16.6. The van der Waals surface area contributed by atoms with Gasteiger partial charge in [-0.3, -0.25) is 9.20 Å². The molecule has 0 saturated heterocycles. The fourth-order valence-electron chi connectivity index (χ4n) is 2.93. The molecule has 0 fully saturated rings. The maximum atomic E-state index is 11.9. The molecule has 3 aromatic rings. The Morgan fingerprint density at radius 2 is 1.93 bits per heavy atom. The summed E-state index contributed by atoms with van der Waals surface area (Å²) in [5.74, 6) is 2.33. The van der Waals surface area contributed by atoms with Crippen LogP contribution in [0, 0.1) is 12.3 Å². The zero-order chi connectivity index (χ0) is 20.3. The molecule has 0 aliphatic heterocycles. The maximum absolute atomic E-state index is 11.9. The Hall–Kier alpha value is -2.90. The number of rotatable bonds is 7. The molecule has 0 radical (unpaired) electrons. The Morgan fingerprint density at radius 3 is 2.64 bits per heavy atom. The standard InChI is InChI=1S/C20H28N6O2/c1-13-24-25-18-17(21-10-6-7-11-22-19(27)20(2,3)4)23-15-12-14(28-5)8-9-16(15)26(13)18/h8-9,12H,6-7,10-11H2,1-5H3,(H,21,23)(H,22,27). The van der Waals surface area contributed by atoms with E-state index in [-0.39, 0.29) is 11.3 Å². The van der Waals surface area contributed by atoms with E-state index in [0.717, 1.165) is 42.0 Å². The summed E-state index contributed by atoms with van der Waals surface area (Å²) in [5.41, 5.74) is 2.10. The molecule has 0 spiro atoms. The lowest BCUT2D eigenvalue weighted by Crippen LogP contribution is -2.35. The molecule has 8 nitrogen and oxygen atoms in total. The number of unbranched alkanes of at least 4 members (excludes halogenated alkanes) is 1. The Balaban J connectivity index is 1.68. The van der Waals surface area contributed by atoms with Crippen LogP contribution in [0.2, 0.25) is 0 Å². The number of hydrogen-bond acceptors (Lipinski definition) is 6. The van der Waals surface area contributed by atoms with Gasteiger partial charge in [-0.25, -0.2) is 4.98 Å². The highest BCUT2D eigenvalue weighted by atomic mass is 16.5. The number of nitrogens with zero attached hydrogens (tertiary/aromatic N) is 4. The fraction of sp³-hybridized carbons (Fsp3) is 0.500. The number of carbonyl (C=O) groups excluding carboxylic acids is 1. The van der Waals surface area contributed by atoms with Gasteiger partial charge in [0.2, 0.25) is 11.6 Å². The van der Waals surface area contributed by atoms with Crippen molar-refractivity contribution in [1.29, 1.82) is 0 Å². The summed E-state index contributed by atoms with van der Waals surface area (Å²) in [6.07, 6.45) is 1.79. The van der Waals surface area contributed by atoms with Crippen LogP contribution in [0.15, 0.2) is 18.2 Å². The van der Waals surface area contributed by atoms with Gasteiger partial charge in [0.15, 0.2) is 5.82 Å². The summed E-state index contributed by atoms with van der Waals surface area (Å²) in [6, 6.07) is 5.77. The van der Waals surface area contributed by atoms with E-state index in [1.165, 1.54) is 0 Å². The van der Waals surface area contributed by atoms with Crippen LogP contribution in [0.5, 0.6) is 5.75 Å². The van der Waals surface area contributed by atoms with E-state index in [0.29, 0.717) is 18.0 Å². The smallest absolute Gasteiger partial charge is 0.225 e. The highest BCUT2D eigenvalue weighted by Crippen LogP contribution is 2.25. The average Bonchev–Trinajstić information content (AvgIpc) is 3.05. The van der Waals surface area contributed by atoms with E-state index in [1.807, 2.05) is 50.3 Å². The molecule has 150 valence electrons. The van der Waals surface area contributed by atoms with Gasteiger partial charge in [-0.2, -0.15) is 0 Å². The largest absolute Gasteiger partial charge is 0.497 e. The van der Waals surface area contributed by atoms with E-state index in [2.05, 4.69) is 20.8 Å². The summed E-state index contributed by atoms with van der Waals surface area (Å²) in [6.45, 7) is 9.06. The lowest BCUT2D eigenvalue weighted by Gasteiger charge is -2.17. The summed E-state index contributed by atoms with van der Waals surface area (Å²) >= 11 is 0. The van der Waals surface area contributed by atoms with E-state index in [1.54, 1.807) is 7.11 Å². The lowest BCUT2D eigenvalue weighted by atomic mass is 9.96. The average molecular weight is 384 g/mol. The number of benzene rings is 1. The van der Waals surface area contributed by atoms with Crippen molar-refractivity contribution >= 4 is 28.4 Å². The number of anilines is 1. The molecule has 1 amide bonds. The van der Waals surface area contributed by atoms with Crippen molar-refractivity contribution in [3.05, 3.63) is 24.0 Å². The molecule has 0 unspecified atom stereocenters. The van der Waals surface area contributed by atoms with Gasteiger partial charge in [0.05, 0.1) is 18.1 Å². The first-order chi connectivity index (χ1) is 13.3. The molecule has 0 atom stereocenters. The summed E-state index contributed by atoms with van der Waals surface area (Å²) < 4.78 is 7.31. The van der Waals surface area contributed by atoms with Crippen molar-refractivity contribution in [2.45, 2.75) is 40.5 Å². The number of hydrogen-bond donors (Lipinski definition) is 2. The number of fused-ring (bicyclic) bond motifs is 3. The molecule has 28 heavy (non-hydrogen) atoms. The Bertz CT molecular complexity index is 990. The minimum Gasteiger partial charge on any atom is -0.497 e. The minimum absolute atomic E-state index is 0.0752. The van der Waals surface area contributed by atoms with E-state index in [4.69, 9.17) is 9.72 Å². The number of amides is 1. The summed E-state index contributed by atoms with van der Waals surface area (Å²) in [5, 5.41) is 14.8. The Kier molecular flexibility index (Phi) is 5.67. The number of methoxy groups -OCH3 is 1. The third kappa shape index (κ3) is 4.16. The third-order valence-electron chi connectivity index (χ3n) is 4.56. The molecule has 0 saturated carbocycles. The van der Waals surface area contributed by atoms with Gasteiger partial charge in [0.1, 0.15) is 11.6 Å². The van der Waals surface area contributed by atoms with Crippen molar-refractivity contribution in [3.63, 3.8) is 0 Å². The second-order valence-corrected chi connectivity index (χ2v) is 7.86. The highest BCUT2D eigenvalue weighted by molar-refractivity contribution is 5.84. The van der Waals surface area contributed by atoms with Gasteiger partial charge in [-0.1, -0.05) is 20.8 Å². The van der Waals surface area contributed by atoms with Crippen molar-refractivity contribution < 1.29 is 9.53 Å². The molecule has 1 aromatic carbocycles. The van der Waals surface area contributed by atoms with Gasteiger partial charge in [0, 0.05) is 24.6 Å². The van der Waals surface area contributed by atoms with E-state index < -0.39 is 0 Å². The molecule has 0 aliphatic rings. The molecular formula is C20H28N6O2. The fourth-order valence-corrected chi connectivity index (χ4v) is 2.93. The van der Waals surface area contributed by atoms with Crippen molar-refractivity contribution in [2.75, 3.05) is 25.5 Å². The van der Waals surface area contributed by atoms with Crippen LogP contribution in [0.3, 0.4) is 0 Å². The number of aryl methyl sites for hydroxylation is 1. The first kappa shape index (κ1) is 19.9. The Morgan fingerprint density at radius 1 is 1.18 bits per heavy atom. The van der Waals surface area contributed by atoms with Crippen LogP contribution in [0.1, 0.15) is 39.4 Å². The predicted octanol–water partition coefficient (Wildman–Crippen LogP) is 2.95. The predicted molar refractivity (Wildman–Crippen MR) is 110 cm³/mol. The first-order valence-electron chi connectivity index (χ1n) is 9.53. The van der Waals surface area contributed by atoms with Gasteiger partial charge in [0.25, 0.3) is 0 Å². The Labute approximate surface area is 164 Å². The SMILES string of the molecule is COc1ccc2c(c1)nc(NCCCCNC(=O)C(C)(C)C)c1nnc(C)n12. The van der Waals surface area contributed by atoms with Gasteiger partial charge < -0.3 is 15.4 Å². The van der Waals surface area contributed by atoms with Crippen molar-refractivity contribution in [2.24, 2.45) is 5.41 Å². The first-order valence-corrected chi connectivity index (χ1v) is 9.53. The normalized spacial score (nSPS) is 11.8. The zero-order valence-corrected chi connectivity index (χ0v) is 17.2. The molecule has 2 heterocycles. The monoisotopic (exact) mass is 384 g/mol. The molecule has 0 aliphatic carbocycles. The third-order valence-corrected chi connectivity index (χ3v) is 4.56. The maximum Gasteiger partial charge on any atom is 0.225 e. The van der Waals surface area contributed by atoms with Crippen LogP contribution in [0.4, 0.5) is 5.82 Å². The summed E-state index contributed by atoms with van der Waals surface area (Å²) in [7, 11) is 1.64. The van der Waals surface area contributed by atoms with E-state index in [9.17, 15) is 4.79 Å². The van der Waals surface area contributed by atoms with E-state index >= 15 is 0 Å². The van der Waals surface area contributed by atoms with Crippen LogP contribution < -0.4 is 15.4 Å². The molecule has 2 N–H and O–H groups in total. The van der Waals surface area contributed by atoms with Gasteiger partial charge in [-0.15, -0.1) is 10.2 Å². The van der Waals surface area contributed by atoms with Crippen LogP contribution in [0.25, 0.3) is 16.7 Å². The van der Waals surface area contributed by atoms with Gasteiger partial charge in [-0.05, 0) is 31.9 Å². The molecule has 3 rings (SSSR count). The second kappa shape index (κ2) is 8.00. The van der Waals surface area contributed by atoms with Crippen LogP contribution in [-0.4, -0.2) is 45.7 Å².